The van der Waals surface area contributed by atoms with E-state index in [4.69, 9.17) is 9.84 Å². The van der Waals surface area contributed by atoms with Crippen molar-refractivity contribution in [3.63, 3.8) is 0 Å². The number of benzene rings is 3. The van der Waals surface area contributed by atoms with Gasteiger partial charge in [-0.15, -0.1) is 0 Å². The van der Waals surface area contributed by atoms with E-state index < -0.39 is 48.1 Å². The minimum Gasteiger partial charge on any atom is -0.478 e. The lowest BCUT2D eigenvalue weighted by molar-refractivity contribution is -0.138. The third kappa shape index (κ3) is 5.05. The highest BCUT2D eigenvalue weighted by molar-refractivity contribution is 5.89. The van der Waals surface area contributed by atoms with Crippen molar-refractivity contribution in [2.45, 2.75) is 24.3 Å². The van der Waals surface area contributed by atoms with E-state index in [-0.39, 0.29) is 18.1 Å². The second-order valence-corrected chi connectivity index (χ2v) is 8.33. The highest BCUT2D eigenvalue weighted by Crippen LogP contribution is 2.44. The molecule has 4 rings (SSSR count). The van der Waals surface area contributed by atoms with E-state index in [0.29, 0.717) is 12.1 Å². The molecule has 0 aliphatic heterocycles. The molecule has 0 saturated carbocycles. The zero-order chi connectivity index (χ0) is 26.0. The molecular formula is C26H22F3NO6. The number of carbonyl (C=O) groups is 2. The quantitative estimate of drug-likeness (QED) is 0.383. The van der Waals surface area contributed by atoms with E-state index in [1.165, 1.54) is 0 Å². The van der Waals surface area contributed by atoms with Gasteiger partial charge in [-0.2, -0.15) is 13.2 Å². The van der Waals surface area contributed by atoms with Crippen LogP contribution in [0.4, 0.5) is 18.0 Å². The minimum absolute atomic E-state index is 0.0180. The highest BCUT2D eigenvalue weighted by Gasteiger charge is 2.36. The van der Waals surface area contributed by atoms with E-state index >= 15 is 0 Å². The summed E-state index contributed by atoms with van der Waals surface area (Å²) in [7, 11) is 0. The summed E-state index contributed by atoms with van der Waals surface area (Å²) in [6.07, 6.45) is -9.35. The molecule has 36 heavy (non-hydrogen) atoms. The molecule has 188 valence electrons. The number of halogens is 3. The standard InChI is InChI=1S/C26H22F3NO6/c27-26(28,29)21-11-14(9-10-19(21)24(33)34)23(32)22(31)12-30-25(35)36-13-20-17-7-3-1-5-15(17)16-6-2-4-8-18(16)20/h1-11,20,22-23,31-32H,12-13H2,(H,30,35)(H,33,34). The normalized spacial score (nSPS) is 14.5. The van der Waals surface area contributed by atoms with Gasteiger partial charge in [-0.25, -0.2) is 9.59 Å². The van der Waals surface area contributed by atoms with Gasteiger partial charge >= 0.3 is 18.2 Å². The van der Waals surface area contributed by atoms with Gasteiger partial charge in [-0.1, -0.05) is 54.6 Å². The summed E-state index contributed by atoms with van der Waals surface area (Å²) < 4.78 is 45.0. The molecule has 4 N–H and O–H groups in total. The summed E-state index contributed by atoms with van der Waals surface area (Å²) in [6.45, 7) is -0.496. The molecule has 0 saturated heterocycles. The molecule has 3 aromatic carbocycles. The summed E-state index contributed by atoms with van der Waals surface area (Å²) in [5, 5.41) is 31.8. The Kier molecular flexibility index (Phi) is 7.00. The largest absolute Gasteiger partial charge is 0.478 e. The van der Waals surface area contributed by atoms with Crippen molar-refractivity contribution in [3.05, 3.63) is 94.5 Å². The second-order valence-electron chi connectivity index (χ2n) is 8.33. The number of aliphatic hydroxyl groups is 2. The van der Waals surface area contributed by atoms with Crippen LogP contribution in [-0.2, 0) is 10.9 Å². The third-order valence-electron chi connectivity index (χ3n) is 6.08. The van der Waals surface area contributed by atoms with Gasteiger partial charge in [0, 0.05) is 12.5 Å². The Balaban J connectivity index is 1.37. The van der Waals surface area contributed by atoms with Crippen molar-refractivity contribution in [2.75, 3.05) is 13.2 Å². The number of carboxylic acid groups (broad SMARTS) is 1. The number of fused-ring (bicyclic) bond motifs is 3. The maximum Gasteiger partial charge on any atom is 0.417 e. The zero-order valence-electron chi connectivity index (χ0n) is 18.7. The number of ether oxygens (including phenoxy) is 1. The van der Waals surface area contributed by atoms with Gasteiger partial charge in [-0.3, -0.25) is 0 Å². The SMILES string of the molecule is O=C(NCC(O)C(O)c1ccc(C(=O)O)c(C(F)(F)F)c1)OCC1c2ccccc2-c2ccccc21. The first-order valence-corrected chi connectivity index (χ1v) is 11.0. The van der Waals surface area contributed by atoms with Crippen molar-refractivity contribution in [3.8, 4) is 11.1 Å². The van der Waals surface area contributed by atoms with Crippen molar-refractivity contribution in [1.82, 2.24) is 5.32 Å². The van der Waals surface area contributed by atoms with Gasteiger partial charge in [0.2, 0.25) is 0 Å². The topological polar surface area (TPSA) is 116 Å². The Hall–Kier alpha value is -3.89. The molecule has 1 amide bonds. The molecule has 0 bridgehead atoms. The van der Waals surface area contributed by atoms with Crippen LogP contribution in [-0.4, -0.2) is 46.6 Å². The van der Waals surface area contributed by atoms with Gasteiger partial charge in [-0.05, 0) is 39.9 Å². The molecule has 2 atom stereocenters. The van der Waals surface area contributed by atoms with Crippen molar-refractivity contribution >= 4 is 12.1 Å². The lowest BCUT2D eigenvalue weighted by Crippen LogP contribution is -2.36. The maximum absolute atomic E-state index is 13.2. The Morgan fingerprint density at radius 1 is 0.944 bits per heavy atom. The summed E-state index contributed by atoms with van der Waals surface area (Å²) in [4.78, 5) is 23.3. The molecule has 10 heteroatoms. The van der Waals surface area contributed by atoms with Crippen LogP contribution in [0.25, 0.3) is 11.1 Å². The molecular weight excluding hydrogens is 479 g/mol. The number of amides is 1. The number of aromatic carboxylic acids is 1. The number of alkyl halides is 3. The van der Waals surface area contributed by atoms with E-state index in [1.54, 1.807) is 0 Å². The molecule has 0 heterocycles. The zero-order valence-corrected chi connectivity index (χ0v) is 18.7. The Morgan fingerprint density at radius 3 is 2.08 bits per heavy atom. The van der Waals surface area contributed by atoms with Crippen LogP contribution in [0.1, 0.15) is 44.6 Å². The van der Waals surface area contributed by atoms with Crippen LogP contribution in [0.5, 0.6) is 0 Å². The summed E-state index contributed by atoms with van der Waals surface area (Å²) in [5.41, 5.74) is 1.32. The van der Waals surface area contributed by atoms with Crippen LogP contribution < -0.4 is 5.32 Å². The molecule has 7 nitrogen and oxygen atoms in total. The number of hydrogen-bond donors (Lipinski definition) is 4. The van der Waals surface area contributed by atoms with Crippen LogP contribution in [0.3, 0.4) is 0 Å². The number of alkyl carbamates (subject to hydrolysis) is 1. The van der Waals surface area contributed by atoms with Crippen molar-refractivity contribution < 1.29 is 42.8 Å². The second kappa shape index (κ2) is 10.00. The van der Waals surface area contributed by atoms with E-state index in [0.717, 1.165) is 28.3 Å². The molecule has 2 unspecified atom stereocenters. The smallest absolute Gasteiger partial charge is 0.417 e. The Bertz CT molecular complexity index is 1250. The van der Waals surface area contributed by atoms with Crippen molar-refractivity contribution in [1.29, 1.82) is 0 Å². The Morgan fingerprint density at radius 2 is 1.53 bits per heavy atom. The molecule has 1 aliphatic rings. The molecule has 0 radical (unpaired) electrons. The van der Waals surface area contributed by atoms with Gasteiger partial charge in [0.25, 0.3) is 0 Å². The number of nitrogens with one attached hydrogen (secondary N) is 1. The lowest BCUT2D eigenvalue weighted by atomic mass is 9.98. The number of rotatable bonds is 7. The first-order valence-electron chi connectivity index (χ1n) is 11.0. The predicted octanol–water partition coefficient (Wildman–Crippen LogP) is 4.34. The third-order valence-corrected chi connectivity index (χ3v) is 6.08. The van der Waals surface area contributed by atoms with E-state index in [1.807, 2.05) is 48.5 Å². The summed E-state index contributed by atoms with van der Waals surface area (Å²) >= 11 is 0. The highest BCUT2D eigenvalue weighted by atomic mass is 19.4. The van der Waals surface area contributed by atoms with Crippen molar-refractivity contribution in [2.24, 2.45) is 0 Å². The fourth-order valence-corrected chi connectivity index (χ4v) is 4.34. The first kappa shape index (κ1) is 25.2. The molecule has 0 aromatic heterocycles. The number of hydrogen-bond acceptors (Lipinski definition) is 5. The molecule has 0 fully saturated rings. The number of carbonyl (C=O) groups excluding carboxylic acids is 1. The van der Waals surface area contributed by atoms with Gasteiger partial charge < -0.3 is 25.4 Å². The average Bonchev–Trinajstić information content (AvgIpc) is 3.18. The van der Waals surface area contributed by atoms with E-state index in [9.17, 15) is 33.0 Å². The first-order chi connectivity index (χ1) is 17.1. The monoisotopic (exact) mass is 501 g/mol. The fraction of sp³-hybridized carbons (Fsp3) is 0.231. The van der Waals surface area contributed by atoms with Crippen LogP contribution in [0, 0.1) is 0 Å². The average molecular weight is 501 g/mol. The summed E-state index contributed by atoms with van der Waals surface area (Å²) in [6, 6.07) is 17.6. The van der Waals surface area contributed by atoms with Crippen LogP contribution in [0.2, 0.25) is 0 Å². The minimum atomic E-state index is -4.98. The number of aliphatic hydroxyl groups excluding tert-OH is 2. The van der Waals surface area contributed by atoms with Gasteiger partial charge in [0.05, 0.1) is 11.1 Å². The van der Waals surface area contributed by atoms with Gasteiger partial charge in [0.15, 0.2) is 0 Å². The maximum atomic E-state index is 13.2. The van der Waals surface area contributed by atoms with E-state index in [2.05, 4.69) is 5.32 Å². The fourth-order valence-electron chi connectivity index (χ4n) is 4.34. The molecule has 3 aromatic rings. The predicted molar refractivity (Wildman–Crippen MR) is 122 cm³/mol. The number of carboxylic acids is 1. The van der Waals surface area contributed by atoms with Crippen LogP contribution >= 0.6 is 0 Å². The summed E-state index contributed by atoms with van der Waals surface area (Å²) in [5.74, 6) is -1.96. The van der Waals surface area contributed by atoms with Gasteiger partial charge in [0.1, 0.15) is 18.8 Å². The lowest BCUT2D eigenvalue weighted by Gasteiger charge is -2.21. The Labute approximate surface area is 203 Å². The van der Waals surface area contributed by atoms with Crippen LogP contribution in [0.15, 0.2) is 66.7 Å². The molecule has 0 spiro atoms. The molecule has 1 aliphatic carbocycles.